The predicted molar refractivity (Wildman–Crippen MR) is 146 cm³/mol. The van der Waals surface area contributed by atoms with E-state index in [9.17, 15) is 18.0 Å². The Morgan fingerprint density at radius 3 is 2.56 bits per heavy atom. The SMILES string of the molecule is CC(C)(C)OC(=O)N1CCCC2(CCN(S(=O)(=O)c3ccc(CNC(=O)c4ccc5nccn5c4)cc3)C2)C1. The number of benzene rings is 1. The zero-order valence-corrected chi connectivity index (χ0v) is 23.4. The van der Waals surface area contributed by atoms with Crippen LogP contribution < -0.4 is 5.32 Å². The molecule has 2 amide bonds. The molecule has 11 heteroatoms. The number of nitrogens with one attached hydrogen (secondary N) is 1. The van der Waals surface area contributed by atoms with Crippen molar-refractivity contribution in [3.05, 3.63) is 66.1 Å². The summed E-state index contributed by atoms with van der Waals surface area (Å²) < 4.78 is 35.8. The maximum absolute atomic E-state index is 13.5. The molecule has 2 fully saturated rings. The van der Waals surface area contributed by atoms with Gasteiger partial charge in [0.25, 0.3) is 5.91 Å². The van der Waals surface area contributed by atoms with Gasteiger partial charge in [-0.2, -0.15) is 4.31 Å². The molecule has 0 bridgehead atoms. The van der Waals surface area contributed by atoms with Gasteiger partial charge in [0, 0.05) is 56.7 Å². The Kier molecular flexibility index (Phi) is 7.15. The van der Waals surface area contributed by atoms with Crippen molar-refractivity contribution in [2.45, 2.75) is 57.1 Å². The van der Waals surface area contributed by atoms with Gasteiger partial charge in [-0.05, 0) is 69.9 Å². The number of aromatic nitrogens is 2. The van der Waals surface area contributed by atoms with E-state index < -0.39 is 15.6 Å². The fourth-order valence-corrected chi connectivity index (χ4v) is 6.94. The smallest absolute Gasteiger partial charge is 0.410 e. The Morgan fingerprint density at radius 2 is 1.82 bits per heavy atom. The molecule has 5 rings (SSSR count). The lowest BCUT2D eigenvalue weighted by Gasteiger charge is -2.40. The van der Waals surface area contributed by atoms with E-state index in [0.717, 1.165) is 24.1 Å². The second-order valence-corrected chi connectivity index (χ2v) is 13.5. The molecule has 0 aliphatic carbocycles. The summed E-state index contributed by atoms with van der Waals surface area (Å²) in [5.74, 6) is -0.224. The molecular formula is C28H35N5O5S. The molecule has 0 saturated carbocycles. The van der Waals surface area contributed by atoms with Crippen molar-refractivity contribution < 1.29 is 22.7 Å². The van der Waals surface area contributed by atoms with Gasteiger partial charge in [-0.3, -0.25) is 4.79 Å². The highest BCUT2D eigenvalue weighted by molar-refractivity contribution is 7.89. The quantitative estimate of drug-likeness (QED) is 0.516. The molecule has 208 valence electrons. The second-order valence-electron chi connectivity index (χ2n) is 11.5. The van der Waals surface area contributed by atoms with Crippen molar-refractivity contribution in [3.8, 4) is 0 Å². The summed E-state index contributed by atoms with van der Waals surface area (Å²) in [5, 5.41) is 2.88. The number of nitrogens with zero attached hydrogens (tertiary/aromatic N) is 4. The molecular weight excluding hydrogens is 518 g/mol. The van der Waals surface area contributed by atoms with Crippen LogP contribution >= 0.6 is 0 Å². The van der Waals surface area contributed by atoms with Crippen LogP contribution in [0.5, 0.6) is 0 Å². The minimum Gasteiger partial charge on any atom is -0.444 e. The summed E-state index contributed by atoms with van der Waals surface area (Å²) in [7, 11) is -3.68. The average Bonchev–Trinajstić information content (AvgIpc) is 3.54. The van der Waals surface area contributed by atoms with E-state index in [1.54, 1.807) is 64.3 Å². The molecule has 10 nitrogen and oxygen atoms in total. The summed E-state index contributed by atoms with van der Waals surface area (Å²) in [5.41, 5.74) is 1.23. The molecule has 2 aromatic heterocycles. The number of hydrogen-bond donors (Lipinski definition) is 1. The number of piperidine rings is 1. The zero-order valence-electron chi connectivity index (χ0n) is 22.6. The first-order valence-electron chi connectivity index (χ1n) is 13.2. The molecule has 1 atom stereocenters. The fraction of sp³-hybridized carbons (Fsp3) is 0.464. The van der Waals surface area contributed by atoms with Crippen LogP contribution in [0.3, 0.4) is 0 Å². The molecule has 2 saturated heterocycles. The number of ether oxygens (including phenoxy) is 1. The van der Waals surface area contributed by atoms with E-state index in [1.807, 2.05) is 20.8 Å². The van der Waals surface area contributed by atoms with E-state index in [1.165, 1.54) is 4.31 Å². The van der Waals surface area contributed by atoms with Crippen LogP contribution in [0, 0.1) is 5.41 Å². The molecule has 39 heavy (non-hydrogen) atoms. The fourth-order valence-electron chi connectivity index (χ4n) is 5.39. The first-order chi connectivity index (χ1) is 18.4. The first kappa shape index (κ1) is 27.1. The molecule has 1 spiro atoms. The van der Waals surface area contributed by atoms with Crippen molar-refractivity contribution in [2.24, 2.45) is 5.41 Å². The summed E-state index contributed by atoms with van der Waals surface area (Å²) in [6, 6.07) is 10.1. The number of rotatable bonds is 5. The van der Waals surface area contributed by atoms with Crippen LogP contribution in [0.25, 0.3) is 5.65 Å². The number of likely N-dealkylation sites (tertiary alicyclic amines) is 1. The van der Waals surface area contributed by atoms with E-state index >= 15 is 0 Å². The van der Waals surface area contributed by atoms with Crippen molar-refractivity contribution >= 4 is 27.7 Å². The highest BCUT2D eigenvalue weighted by atomic mass is 32.2. The third-order valence-corrected chi connectivity index (χ3v) is 9.24. The van der Waals surface area contributed by atoms with Crippen molar-refractivity contribution in [1.82, 2.24) is 23.9 Å². The third-order valence-electron chi connectivity index (χ3n) is 7.38. The number of amides is 2. The van der Waals surface area contributed by atoms with Gasteiger partial charge in [0.15, 0.2) is 0 Å². The molecule has 4 heterocycles. The number of pyridine rings is 1. The minimum absolute atomic E-state index is 0.222. The number of carbonyl (C=O) groups is 2. The number of sulfonamides is 1. The lowest BCUT2D eigenvalue weighted by molar-refractivity contribution is 0.00627. The number of imidazole rings is 1. The Bertz CT molecular complexity index is 1480. The first-order valence-corrected chi connectivity index (χ1v) is 14.7. The maximum atomic E-state index is 13.5. The van der Waals surface area contributed by atoms with Crippen LogP contribution in [0.15, 0.2) is 59.9 Å². The topological polar surface area (TPSA) is 113 Å². The van der Waals surface area contributed by atoms with Gasteiger partial charge in [-0.15, -0.1) is 0 Å². The zero-order chi connectivity index (χ0) is 27.8. The molecule has 3 aromatic rings. The van der Waals surface area contributed by atoms with Crippen LogP contribution in [0.2, 0.25) is 0 Å². The number of hydrogen-bond acceptors (Lipinski definition) is 6. The van der Waals surface area contributed by atoms with Gasteiger partial charge in [0.2, 0.25) is 10.0 Å². The minimum atomic E-state index is -3.68. The van der Waals surface area contributed by atoms with Crippen molar-refractivity contribution in [2.75, 3.05) is 26.2 Å². The van der Waals surface area contributed by atoms with Gasteiger partial charge in [-0.25, -0.2) is 18.2 Å². The van der Waals surface area contributed by atoms with Gasteiger partial charge in [0.1, 0.15) is 11.2 Å². The summed E-state index contributed by atoms with van der Waals surface area (Å²) >= 11 is 0. The maximum Gasteiger partial charge on any atom is 0.410 e. The van der Waals surface area contributed by atoms with Gasteiger partial charge in [-0.1, -0.05) is 12.1 Å². The normalized spacial score (nSPS) is 20.4. The van der Waals surface area contributed by atoms with Crippen LogP contribution in [-0.4, -0.2) is 70.8 Å². The van der Waals surface area contributed by atoms with E-state index in [0.29, 0.717) is 38.2 Å². The Hall–Kier alpha value is -3.44. The average molecular weight is 554 g/mol. The Morgan fingerprint density at radius 1 is 1.05 bits per heavy atom. The highest BCUT2D eigenvalue weighted by Crippen LogP contribution is 2.41. The van der Waals surface area contributed by atoms with Crippen molar-refractivity contribution in [1.29, 1.82) is 0 Å². The molecule has 2 aliphatic rings. The van der Waals surface area contributed by atoms with Gasteiger partial charge < -0.3 is 19.4 Å². The van der Waals surface area contributed by atoms with Crippen molar-refractivity contribution in [3.63, 3.8) is 0 Å². The largest absolute Gasteiger partial charge is 0.444 e. The summed E-state index contributed by atoms with van der Waals surface area (Å²) in [6.45, 7) is 7.73. The van der Waals surface area contributed by atoms with Crippen LogP contribution in [-0.2, 0) is 21.3 Å². The van der Waals surface area contributed by atoms with Crippen LogP contribution in [0.1, 0.15) is 56.0 Å². The number of carbonyl (C=O) groups excluding carboxylic acids is 2. The third kappa shape index (κ3) is 5.94. The van der Waals surface area contributed by atoms with E-state index in [2.05, 4.69) is 10.3 Å². The highest BCUT2D eigenvalue weighted by Gasteiger charge is 2.46. The molecule has 1 unspecified atom stereocenters. The van der Waals surface area contributed by atoms with Gasteiger partial charge >= 0.3 is 6.09 Å². The number of fused-ring (bicyclic) bond motifs is 1. The molecule has 1 N–H and O–H groups in total. The monoisotopic (exact) mass is 553 g/mol. The Balaban J connectivity index is 1.19. The standard InChI is InChI=1S/C28H35N5O5S/c1-27(2,3)38-26(35)32-14-4-11-28(19-32)12-15-33(20-28)39(36,37)23-8-5-21(6-9-23)17-30-25(34)22-7-10-24-29-13-16-31(24)18-22/h5-10,13,16,18H,4,11-12,14-15,17,19-20H2,1-3H3,(H,30,34). The molecule has 2 aliphatic heterocycles. The predicted octanol–water partition coefficient (Wildman–Crippen LogP) is 3.68. The molecule has 1 aromatic carbocycles. The lowest BCUT2D eigenvalue weighted by atomic mass is 9.79. The summed E-state index contributed by atoms with van der Waals surface area (Å²) in [6.07, 6.45) is 7.23. The Labute approximate surface area is 229 Å². The second kappa shape index (κ2) is 10.3. The van der Waals surface area contributed by atoms with E-state index in [-0.39, 0.29) is 28.9 Å². The summed E-state index contributed by atoms with van der Waals surface area (Å²) in [4.78, 5) is 31.3. The van der Waals surface area contributed by atoms with Crippen LogP contribution in [0.4, 0.5) is 4.79 Å². The van der Waals surface area contributed by atoms with Gasteiger partial charge in [0.05, 0.1) is 10.5 Å². The van der Waals surface area contributed by atoms with E-state index in [4.69, 9.17) is 4.74 Å². The molecule has 0 radical (unpaired) electrons. The lowest BCUT2D eigenvalue weighted by Crippen LogP contribution is -2.49.